The zero-order valence-corrected chi connectivity index (χ0v) is 59.1. The van der Waals surface area contributed by atoms with Gasteiger partial charge in [-0.15, -0.1) is 0 Å². The highest BCUT2D eigenvalue weighted by Crippen LogP contribution is 2.42. The standard InChI is InChI=1S/C32H12BF24.C24H16BCl4.C24H20B/c34-25(35,36)13-1-14(26(37,38)39)6-21(5-13)33(22-7-15(27(40,41)42)2-16(8-22)28(43,44)45,23-9-17(29(46,47)48)3-18(10-23)30(49,50)51)24-11-19(31(52,53)54)4-20(12-24)32(55,56)57;26-21-9-1-17(2-10-21)25(18-3-11-22(27)12-4-18,19-5-13-23(28)14-6-19)20-7-15-24(29)16-8-20;1-5-13-21(14-6-1)25(22-15-7-2-8-16-22,23-17-9-3-10-18-23)24-19-11-4-12-20-24/h1-12H;1-16H;1-20H/q3*-1. The van der Waals surface area contributed by atoms with Gasteiger partial charge in [0.2, 0.25) is 0 Å². The molecule has 0 atom stereocenters. The molecule has 576 valence electrons. The van der Waals surface area contributed by atoms with Gasteiger partial charge >= 0.3 is 49.4 Å². The first-order valence-electron chi connectivity index (χ1n) is 32.6. The predicted molar refractivity (Wildman–Crippen MR) is 390 cm³/mol. The molecule has 0 bridgehead atoms. The smallest absolute Gasteiger partial charge is 0.195 e. The van der Waals surface area contributed by atoms with Gasteiger partial charge in [-0.25, -0.2) is 0 Å². The second-order valence-corrected chi connectivity index (χ2v) is 27.5. The average molecular weight is 1640 g/mol. The molecule has 31 heteroatoms. The van der Waals surface area contributed by atoms with Crippen LogP contribution in [-0.4, -0.2) is 18.4 Å². The summed E-state index contributed by atoms with van der Waals surface area (Å²) in [4.78, 5) is 0. The van der Waals surface area contributed by atoms with Crippen molar-refractivity contribution >= 4 is 130 Å². The third-order valence-electron chi connectivity index (χ3n) is 19.1. The van der Waals surface area contributed by atoms with E-state index < -0.39 is 207 Å². The summed E-state index contributed by atoms with van der Waals surface area (Å²) in [6.07, 6.45) is -57.5. The summed E-state index contributed by atoms with van der Waals surface area (Å²) in [5.74, 6) is 0. The molecule has 12 aromatic rings. The van der Waals surface area contributed by atoms with Gasteiger partial charge in [0.15, 0.2) is 0 Å². The van der Waals surface area contributed by atoms with Crippen molar-refractivity contribution in [1.29, 1.82) is 0 Å². The van der Waals surface area contributed by atoms with Crippen LogP contribution in [0.15, 0.2) is 291 Å². The second-order valence-electron chi connectivity index (χ2n) is 25.8. The Labute approximate surface area is 637 Å². The van der Waals surface area contributed by atoms with Gasteiger partial charge in [-0.05, 0) is 72.8 Å². The van der Waals surface area contributed by atoms with Gasteiger partial charge in [0, 0.05) is 20.1 Å². The molecule has 0 unspecified atom stereocenters. The third kappa shape index (κ3) is 18.3. The Kier molecular flexibility index (Phi) is 24.0. The molecule has 0 aliphatic heterocycles. The lowest BCUT2D eigenvalue weighted by Crippen LogP contribution is -2.75. The first-order chi connectivity index (χ1) is 51.7. The number of halogens is 28. The fourth-order valence-corrected chi connectivity index (χ4v) is 14.9. The van der Waals surface area contributed by atoms with Gasteiger partial charge in [0.25, 0.3) is 0 Å². The number of hydrogen-bond donors (Lipinski definition) is 0. The lowest BCUT2D eigenvalue weighted by molar-refractivity contribution is -0.144. The molecular formula is C80H48B3Cl4F24-3. The molecule has 0 fully saturated rings. The van der Waals surface area contributed by atoms with E-state index in [9.17, 15) is 105 Å². The Morgan fingerprint density at radius 2 is 0.261 bits per heavy atom. The maximum atomic E-state index is 14.2. The van der Waals surface area contributed by atoms with E-state index in [0.717, 1.165) is 21.9 Å². The Morgan fingerprint density at radius 1 is 0.144 bits per heavy atom. The first-order valence-corrected chi connectivity index (χ1v) is 34.1. The van der Waals surface area contributed by atoms with E-state index in [1.54, 1.807) is 0 Å². The van der Waals surface area contributed by atoms with Crippen molar-refractivity contribution in [2.75, 3.05) is 0 Å². The number of alkyl halides is 24. The van der Waals surface area contributed by atoms with E-state index >= 15 is 0 Å². The minimum absolute atomic E-state index is 0.691. The molecule has 0 aliphatic carbocycles. The van der Waals surface area contributed by atoms with Crippen molar-refractivity contribution in [2.45, 2.75) is 49.4 Å². The second kappa shape index (κ2) is 31.8. The SMILES string of the molecule is Clc1ccc([B-](c2ccc(Cl)cc2)(c2ccc(Cl)cc2)c2ccc(Cl)cc2)cc1.FC(F)(F)c1cc([B-](c2cc(C(F)(F)F)cc(C(F)(F)F)c2)(c2cc(C(F)(F)F)cc(C(F)(F)F)c2)c2cc(C(F)(F)F)cc(C(F)(F)F)c2)cc(C(F)(F)F)c1.c1ccc([B-](c2ccccc2)(c2ccccc2)c2ccccc2)cc1. The minimum atomic E-state index is -6.13. The van der Waals surface area contributed by atoms with Crippen LogP contribution in [0.2, 0.25) is 20.1 Å². The minimum Gasteiger partial charge on any atom is -0.195 e. The van der Waals surface area contributed by atoms with Crippen LogP contribution >= 0.6 is 46.4 Å². The molecule has 0 saturated carbocycles. The van der Waals surface area contributed by atoms with Crippen molar-refractivity contribution in [3.8, 4) is 0 Å². The largest absolute Gasteiger partial charge is 0.416 e. The molecule has 0 spiro atoms. The molecule has 0 heterocycles. The van der Waals surface area contributed by atoms with Crippen molar-refractivity contribution in [1.82, 2.24) is 0 Å². The van der Waals surface area contributed by atoms with E-state index in [2.05, 4.69) is 170 Å². The van der Waals surface area contributed by atoms with Gasteiger partial charge in [-0.2, -0.15) is 171 Å². The van der Waals surface area contributed by atoms with Crippen LogP contribution in [0.3, 0.4) is 0 Å². The molecule has 12 aromatic carbocycles. The molecule has 0 aromatic heterocycles. The van der Waals surface area contributed by atoms with Crippen molar-refractivity contribution in [3.05, 3.63) is 356 Å². The Balaban J connectivity index is 0.000000199. The zero-order chi connectivity index (χ0) is 81.3. The fourth-order valence-electron chi connectivity index (χ4n) is 14.4. The molecular weight excluding hydrogens is 1590 g/mol. The summed E-state index contributed by atoms with van der Waals surface area (Å²) in [6, 6.07) is 66.8. The van der Waals surface area contributed by atoms with Crippen LogP contribution in [0, 0.1) is 0 Å². The Morgan fingerprint density at radius 3 is 0.387 bits per heavy atom. The van der Waals surface area contributed by atoms with E-state index in [1.165, 1.54) is 21.9 Å². The maximum Gasteiger partial charge on any atom is 0.416 e. The summed E-state index contributed by atoms with van der Waals surface area (Å²) < 4.78 is 341. The van der Waals surface area contributed by atoms with E-state index in [0.29, 0.717) is 20.1 Å². The van der Waals surface area contributed by atoms with Crippen molar-refractivity contribution < 1.29 is 105 Å². The van der Waals surface area contributed by atoms with Gasteiger partial charge in [-0.3, -0.25) is 0 Å². The zero-order valence-electron chi connectivity index (χ0n) is 56.0. The monoisotopic (exact) mass is 1640 g/mol. The quantitative estimate of drug-likeness (QED) is 0.0845. The molecule has 0 nitrogen and oxygen atoms in total. The molecule has 0 radical (unpaired) electrons. The molecule has 0 N–H and O–H groups in total. The lowest BCUT2D eigenvalue weighted by Gasteiger charge is -2.46. The molecule has 0 amide bonds. The van der Waals surface area contributed by atoms with Crippen LogP contribution in [0.5, 0.6) is 0 Å². The molecule has 0 saturated heterocycles. The third-order valence-corrected chi connectivity index (χ3v) is 20.1. The van der Waals surface area contributed by atoms with Crippen LogP contribution in [-0.2, 0) is 49.4 Å². The number of hydrogen-bond acceptors (Lipinski definition) is 0. The average Bonchev–Trinajstić information content (AvgIpc) is 0.707. The van der Waals surface area contributed by atoms with Gasteiger partial charge in [-0.1, -0.05) is 265 Å². The van der Waals surface area contributed by atoms with Gasteiger partial charge < -0.3 is 0 Å². The lowest BCUT2D eigenvalue weighted by atomic mass is 9.12. The summed E-state index contributed by atoms with van der Waals surface area (Å²) in [7, 11) is 0. The van der Waals surface area contributed by atoms with Crippen LogP contribution in [0.25, 0.3) is 0 Å². The highest BCUT2D eigenvalue weighted by molar-refractivity contribution is 7.21. The number of benzene rings is 12. The fraction of sp³-hybridized carbons (Fsp3) is 0.100. The molecule has 0 aliphatic rings. The van der Waals surface area contributed by atoms with Crippen molar-refractivity contribution in [2.24, 2.45) is 0 Å². The number of rotatable bonds is 12. The topological polar surface area (TPSA) is 0 Å². The van der Waals surface area contributed by atoms with Gasteiger partial charge in [0.1, 0.15) is 18.4 Å². The predicted octanol–water partition coefficient (Wildman–Crippen LogP) is 20.0. The van der Waals surface area contributed by atoms with Crippen LogP contribution in [0.4, 0.5) is 105 Å². The summed E-state index contributed by atoms with van der Waals surface area (Å²) in [6.45, 7) is 0. The summed E-state index contributed by atoms with van der Waals surface area (Å²) in [5.41, 5.74) is -20.3. The van der Waals surface area contributed by atoms with E-state index in [-0.39, 0.29) is 0 Å². The van der Waals surface area contributed by atoms with Crippen LogP contribution < -0.4 is 65.6 Å². The first kappa shape index (κ1) is 83.8. The highest BCUT2D eigenvalue weighted by Gasteiger charge is 2.48. The Bertz CT molecular complexity index is 4400. The molecule has 12 rings (SSSR count). The Hall–Kier alpha value is -9.69. The molecule has 111 heavy (non-hydrogen) atoms. The van der Waals surface area contributed by atoms with Crippen LogP contribution in [0.1, 0.15) is 44.5 Å². The van der Waals surface area contributed by atoms with E-state index in [1.807, 2.05) is 48.5 Å². The summed E-state index contributed by atoms with van der Waals surface area (Å²) >= 11 is 24.9. The maximum absolute atomic E-state index is 14.2. The van der Waals surface area contributed by atoms with Crippen molar-refractivity contribution in [3.63, 3.8) is 0 Å². The summed E-state index contributed by atoms with van der Waals surface area (Å²) in [5, 5.41) is 2.78. The van der Waals surface area contributed by atoms with Gasteiger partial charge in [0.05, 0.1) is 44.5 Å². The highest BCUT2D eigenvalue weighted by atomic mass is 35.5. The van der Waals surface area contributed by atoms with E-state index in [4.69, 9.17) is 46.4 Å². The normalized spacial score (nSPS) is 12.9.